The van der Waals surface area contributed by atoms with Crippen LogP contribution < -0.4 is 5.32 Å². The van der Waals surface area contributed by atoms with Gasteiger partial charge in [0.25, 0.3) is 0 Å². The molecular formula is C17H25NO6. The summed E-state index contributed by atoms with van der Waals surface area (Å²) in [6.45, 7) is 3.87. The molecule has 1 aliphatic heterocycles. The second kappa shape index (κ2) is 6.61. The molecule has 3 fully saturated rings. The van der Waals surface area contributed by atoms with Crippen molar-refractivity contribution < 1.29 is 29.0 Å². The van der Waals surface area contributed by atoms with E-state index in [-0.39, 0.29) is 41.8 Å². The Morgan fingerprint density at radius 1 is 1.33 bits per heavy atom. The van der Waals surface area contributed by atoms with Gasteiger partial charge < -0.3 is 19.9 Å². The molecule has 7 atom stereocenters. The number of cyclic esters (lactones) is 1. The topological polar surface area (TPSA) is 102 Å². The molecule has 1 unspecified atom stereocenters. The molecule has 0 aromatic heterocycles. The molecule has 0 bridgehead atoms. The van der Waals surface area contributed by atoms with Crippen LogP contribution in [0.15, 0.2) is 0 Å². The van der Waals surface area contributed by atoms with Crippen LogP contribution in [0.4, 0.5) is 4.79 Å². The van der Waals surface area contributed by atoms with Gasteiger partial charge in [0.2, 0.25) is 0 Å². The molecule has 0 spiro atoms. The van der Waals surface area contributed by atoms with Gasteiger partial charge in [-0.05, 0) is 51.4 Å². The Morgan fingerprint density at radius 2 is 2.08 bits per heavy atom. The third kappa shape index (κ3) is 2.96. The molecule has 2 aliphatic carbocycles. The molecule has 2 N–H and O–H groups in total. The first-order chi connectivity index (χ1) is 11.4. The minimum absolute atomic E-state index is 0.0221. The molecule has 3 aliphatic rings. The maximum Gasteiger partial charge on any atom is 0.407 e. The third-order valence-electron chi connectivity index (χ3n) is 5.97. The van der Waals surface area contributed by atoms with Crippen molar-refractivity contribution in [2.75, 3.05) is 6.61 Å². The molecule has 1 amide bonds. The Balaban J connectivity index is 1.74. The van der Waals surface area contributed by atoms with Crippen molar-refractivity contribution in [3.8, 4) is 0 Å². The molecule has 134 valence electrons. The first-order valence-corrected chi connectivity index (χ1v) is 8.79. The van der Waals surface area contributed by atoms with Crippen LogP contribution in [0.3, 0.4) is 0 Å². The normalized spacial score (nSPS) is 40.9. The highest BCUT2D eigenvalue weighted by Gasteiger charge is 2.57. The van der Waals surface area contributed by atoms with Crippen LogP contribution in [0.25, 0.3) is 0 Å². The van der Waals surface area contributed by atoms with Crippen molar-refractivity contribution in [1.82, 2.24) is 5.32 Å². The van der Waals surface area contributed by atoms with Crippen LogP contribution in [-0.4, -0.2) is 41.9 Å². The number of carbonyl (C=O) groups excluding carboxylic acids is 2. The van der Waals surface area contributed by atoms with Crippen molar-refractivity contribution in [3.05, 3.63) is 0 Å². The van der Waals surface area contributed by atoms with E-state index in [0.717, 1.165) is 12.8 Å². The van der Waals surface area contributed by atoms with Gasteiger partial charge in [-0.25, -0.2) is 4.79 Å². The van der Waals surface area contributed by atoms with E-state index in [1.54, 1.807) is 13.8 Å². The smallest absolute Gasteiger partial charge is 0.407 e. The number of amides is 1. The van der Waals surface area contributed by atoms with E-state index >= 15 is 0 Å². The largest absolute Gasteiger partial charge is 0.481 e. The van der Waals surface area contributed by atoms with Gasteiger partial charge in [-0.2, -0.15) is 0 Å². The number of hydrogen-bond donors (Lipinski definition) is 2. The summed E-state index contributed by atoms with van der Waals surface area (Å²) < 4.78 is 10.2. The maximum absolute atomic E-state index is 12.1. The lowest BCUT2D eigenvalue weighted by Crippen LogP contribution is -2.51. The molecule has 0 aromatic rings. The number of nitrogens with one attached hydrogen (secondary N) is 1. The number of fused-ring (bicyclic) bond motifs is 2. The minimum Gasteiger partial charge on any atom is -0.481 e. The highest BCUT2D eigenvalue weighted by Crippen LogP contribution is 2.53. The van der Waals surface area contributed by atoms with Crippen LogP contribution in [0.5, 0.6) is 0 Å². The SMILES string of the molecule is CCOC(=O)NC1CC[C@@H]2[C@@H](C1)C[C@H]1C(=O)O[C@H](C)[C@H]1[C@H]2C(=O)O. The Morgan fingerprint density at radius 3 is 2.75 bits per heavy atom. The van der Waals surface area contributed by atoms with Gasteiger partial charge in [0.05, 0.1) is 18.4 Å². The zero-order valence-corrected chi connectivity index (χ0v) is 14.1. The zero-order chi connectivity index (χ0) is 17.4. The lowest BCUT2D eigenvalue weighted by Gasteiger charge is -2.46. The minimum atomic E-state index is -0.832. The van der Waals surface area contributed by atoms with E-state index in [1.165, 1.54) is 0 Å². The second-order valence-corrected chi connectivity index (χ2v) is 7.22. The molecule has 0 radical (unpaired) electrons. The summed E-state index contributed by atoms with van der Waals surface area (Å²) in [5, 5.41) is 12.6. The summed E-state index contributed by atoms with van der Waals surface area (Å²) in [5.41, 5.74) is 0. The molecular weight excluding hydrogens is 314 g/mol. The molecule has 24 heavy (non-hydrogen) atoms. The highest BCUT2D eigenvalue weighted by molar-refractivity contribution is 5.79. The fraction of sp³-hybridized carbons (Fsp3) is 0.824. The predicted octanol–water partition coefficient (Wildman–Crippen LogP) is 1.80. The number of carbonyl (C=O) groups is 3. The van der Waals surface area contributed by atoms with Gasteiger partial charge in [0, 0.05) is 12.0 Å². The first-order valence-electron chi connectivity index (χ1n) is 8.79. The Labute approximate surface area is 141 Å². The Bertz CT molecular complexity index is 535. The van der Waals surface area contributed by atoms with Gasteiger partial charge in [-0.1, -0.05) is 0 Å². The summed E-state index contributed by atoms with van der Waals surface area (Å²) in [7, 11) is 0. The van der Waals surface area contributed by atoms with E-state index in [2.05, 4.69) is 5.32 Å². The van der Waals surface area contributed by atoms with E-state index in [1.807, 2.05) is 0 Å². The lowest BCUT2D eigenvalue weighted by molar-refractivity contribution is -0.153. The summed E-state index contributed by atoms with van der Waals surface area (Å²) >= 11 is 0. The Kier molecular flexibility index (Phi) is 4.69. The molecule has 7 nitrogen and oxygen atoms in total. The third-order valence-corrected chi connectivity index (χ3v) is 5.97. The van der Waals surface area contributed by atoms with E-state index in [0.29, 0.717) is 19.4 Å². The number of alkyl carbamates (subject to hydrolysis) is 1. The lowest BCUT2D eigenvalue weighted by atomic mass is 9.57. The molecule has 1 saturated heterocycles. The molecule has 0 aromatic carbocycles. The average Bonchev–Trinajstić information content (AvgIpc) is 2.79. The number of carboxylic acids is 1. The number of aliphatic carboxylic acids is 1. The fourth-order valence-electron chi connectivity index (χ4n) is 5.09. The van der Waals surface area contributed by atoms with Crippen LogP contribution in [0.1, 0.15) is 39.5 Å². The van der Waals surface area contributed by atoms with E-state index in [4.69, 9.17) is 9.47 Å². The fourth-order valence-corrected chi connectivity index (χ4v) is 5.09. The number of rotatable bonds is 3. The van der Waals surface area contributed by atoms with Gasteiger partial charge >= 0.3 is 18.0 Å². The number of ether oxygens (including phenoxy) is 2. The number of esters is 1. The van der Waals surface area contributed by atoms with Crippen LogP contribution in [0.2, 0.25) is 0 Å². The van der Waals surface area contributed by atoms with Crippen LogP contribution >= 0.6 is 0 Å². The van der Waals surface area contributed by atoms with Gasteiger partial charge in [-0.3, -0.25) is 9.59 Å². The van der Waals surface area contributed by atoms with Crippen molar-refractivity contribution in [2.45, 2.75) is 51.7 Å². The molecule has 3 rings (SSSR count). The van der Waals surface area contributed by atoms with Crippen molar-refractivity contribution in [1.29, 1.82) is 0 Å². The zero-order valence-electron chi connectivity index (χ0n) is 14.1. The van der Waals surface area contributed by atoms with Crippen molar-refractivity contribution in [2.24, 2.45) is 29.6 Å². The van der Waals surface area contributed by atoms with Gasteiger partial charge in [0.1, 0.15) is 6.10 Å². The first kappa shape index (κ1) is 17.0. The van der Waals surface area contributed by atoms with E-state index in [9.17, 15) is 19.5 Å². The maximum atomic E-state index is 12.1. The molecule has 7 heteroatoms. The monoisotopic (exact) mass is 339 g/mol. The average molecular weight is 339 g/mol. The summed E-state index contributed by atoms with van der Waals surface area (Å²) in [5.74, 6) is -2.04. The van der Waals surface area contributed by atoms with Gasteiger partial charge in [-0.15, -0.1) is 0 Å². The van der Waals surface area contributed by atoms with Crippen molar-refractivity contribution >= 4 is 18.0 Å². The quantitative estimate of drug-likeness (QED) is 0.760. The summed E-state index contributed by atoms with van der Waals surface area (Å²) in [6.07, 6.45) is 2.06. The molecule has 1 heterocycles. The number of hydrogen-bond acceptors (Lipinski definition) is 5. The predicted molar refractivity (Wildman–Crippen MR) is 83.1 cm³/mol. The van der Waals surface area contributed by atoms with Crippen LogP contribution in [-0.2, 0) is 19.1 Å². The van der Waals surface area contributed by atoms with Gasteiger partial charge in [0.15, 0.2) is 0 Å². The van der Waals surface area contributed by atoms with Crippen molar-refractivity contribution in [3.63, 3.8) is 0 Å². The standard InChI is InChI=1S/C17H25NO6/c1-3-23-17(22)18-10-4-5-11-9(6-10)7-12-13(14(11)15(19)20)8(2)24-16(12)21/h8-14H,3-7H2,1-2H3,(H,18,22)(H,19,20)/t8-,9+,10?,11-,12-,13-,14+/m1/s1. The second-order valence-electron chi connectivity index (χ2n) is 7.22. The number of carboxylic acid groups (broad SMARTS) is 1. The highest BCUT2D eigenvalue weighted by atomic mass is 16.6. The molecule has 2 saturated carbocycles. The van der Waals surface area contributed by atoms with Crippen LogP contribution in [0, 0.1) is 29.6 Å². The van der Waals surface area contributed by atoms with E-state index < -0.39 is 18.0 Å². The summed E-state index contributed by atoms with van der Waals surface area (Å²) in [6, 6.07) is -0.0221. The summed E-state index contributed by atoms with van der Waals surface area (Å²) in [4.78, 5) is 35.6. The Hall–Kier alpha value is -1.79.